The van der Waals surface area contributed by atoms with Crippen LogP contribution in [-0.2, 0) is 11.2 Å². The van der Waals surface area contributed by atoms with Gasteiger partial charge in [0.1, 0.15) is 22.5 Å². The van der Waals surface area contributed by atoms with Crippen LogP contribution in [0.15, 0.2) is 36.5 Å². The number of benzene rings is 1. The largest absolute Gasteiger partial charge is 0.457 e. The van der Waals surface area contributed by atoms with Crippen LogP contribution in [0.25, 0.3) is 10.9 Å². The van der Waals surface area contributed by atoms with Gasteiger partial charge in [-0.2, -0.15) is 0 Å². The van der Waals surface area contributed by atoms with Gasteiger partial charge in [0.05, 0.1) is 11.1 Å². The van der Waals surface area contributed by atoms with Crippen LogP contribution in [0.1, 0.15) is 22.3 Å². The first-order chi connectivity index (χ1) is 13.0. The molecule has 3 aromatic rings. The molecule has 2 amide bonds. The van der Waals surface area contributed by atoms with E-state index in [0.717, 1.165) is 5.56 Å². The van der Waals surface area contributed by atoms with Crippen molar-refractivity contribution in [2.45, 2.75) is 12.8 Å². The van der Waals surface area contributed by atoms with E-state index in [2.05, 4.69) is 15.3 Å². The molecule has 0 radical (unpaired) electrons. The highest BCUT2D eigenvalue weighted by molar-refractivity contribution is 6.33. The average molecular weight is 385 g/mol. The van der Waals surface area contributed by atoms with Gasteiger partial charge in [0.25, 0.3) is 5.91 Å². The summed E-state index contributed by atoms with van der Waals surface area (Å²) < 4.78 is 5.97. The number of hydroxylamine groups is 1. The summed E-state index contributed by atoms with van der Waals surface area (Å²) in [6.07, 6.45) is 2.48. The molecular formula is C18H13ClN4O4. The number of nitrogens with zero attached hydrogens (tertiary/aromatic N) is 2. The van der Waals surface area contributed by atoms with Gasteiger partial charge in [-0.1, -0.05) is 11.6 Å². The number of hydrogen-bond donors (Lipinski definition) is 3. The number of amides is 2. The van der Waals surface area contributed by atoms with Gasteiger partial charge in [-0.25, -0.2) is 15.4 Å². The third kappa shape index (κ3) is 3.27. The van der Waals surface area contributed by atoms with E-state index in [1.807, 2.05) is 0 Å². The van der Waals surface area contributed by atoms with Gasteiger partial charge in [0.2, 0.25) is 5.91 Å². The number of halogens is 1. The van der Waals surface area contributed by atoms with Crippen molar-refractivity contribution >= 4 is 40.1 Å². The van der Waals surface area contributed by atoms with Gasteiger partial charge in [0.15, 0.2) is 0 Å². The zero-order valence-corrected chi connectivity index (χ0v) is 14.6. The fourth-order valence-electron chi connectivity index (χ4n) is 2.89. The summed E-state index contributed by atoms with van der Waals surface area (Å²) in [5.74, 6) is 0.822. The molecule has 0 unspecified atom stereocenters. The Labute approximate surface area is 158 Å². The van der Waals surface area contributed by atoms with E-state index >= 15 is 0 Å². The molecule has 4 rings (SSSR count). The number of carbonyl (C=O) groups is 2. The Balaban J connectivity index is 1.69. The summed E-state index contributed by atoms with van der Waals surface area (Å²) >= 11 is 6.03. The lowest BCUT2D eigenvalue weighted by molar-refractivity contribution is -0.116. The fraction of sp³-hybridized carbons (Fsp3) is 0.111. The standard InChI is InChI=1S/C18H13ClN4O4/c19-16-12(18(25)23-26)7-9-1-2-10(8-13(9)21-16)27-14-5-6-20-17-11(14)3-4-15(24)22-17/h1-2,5-8,26H,3-4H2,(H,23,25)(H,20,22,24). The minimum atomic E-state index is -0.736. The summed E-state index contributed by atoms with van der Waals surface area (Å²) in [5, 5.41) is 12.1. The normalized spacial score (nSPS) is 13.0. The van der Waals surface area contributed by atoms with Crippen LogP contribution in [0.4, 0.5) is 5.82 Å². The lowest BCUT2D eigenvalue weighted by Crippen LogP contribution is -2.20. The highest BCUT2D eigenvalue weighted by Crippen LogP contribution is 2.33. The molecular weight excluding hydrogens is 372 g/mol. The van der Waals surface area contributed by atoms with Crippen molar-refractivity contribution in [3.05, 3.63) is 52.8 Å². The lowest BCUT2D eigenvalue weighted by Gasteiger charge is -2.18. The van der Waals surface area contributed by atoms with Gasteiger partial charge in [-0.3, -0.25) is 14.8 Å². The monoisotopic (exact) mass is 384 g/mol. The molecule has 0 aliphatic carbocycles. The molecule has 27 heavy (non-hydrogen) atoms. The predicted octanol–water partition coefficient (Wildman–Crippen LogP) is 3.08. The molecule has 1 aliphatic heterocycles. The van der Waals surface area contributed by atoms with Crippen molar-refractivity contribution in [3.8, 4) is 11.5 Å². The van der Waals surface area contributed by atoms with Gasteiger partial charge in [0, 0.05) is 29.6 Å². The first-order valence-electron chi connectivity index (χ1n) is 8.05. The molecule has 0 saturated carbocycles. The van der Waals surface area contributed by atoms with E-state index in [4.69, 9.17) is 21.5 Å². The van der Waals surface area contributed by atoms with Gasteiger partial charge in [-0.15, -0.1) is 0 Å². The van der Waals surface area contributed by atoms with Crippen LogP contribution in [0.3, 0.4) is 0 Å². The zero-order chi connectivity index (χ0) is 19.0. The molecule has 0 spiro atoms. The van der Waals surface area contributed by atoms with E-state index in [1.165, 1.54) is 11.5 Å². The molecule has 3 heterocycles. The Hall–Kier alpha value is -3.23. The van der Waals surface area contributed by atoms with E-state index in [9.17, 15) is 9.59 Å². The van der Waals surface area contributed by atoms with Crippen molar-refractivity contribution in [1.29, 1.82) is 0 Å². The Morgan fingerprint density at radius 2 is 2.11 bits per heavy atom. The van der Waals surface area contributed by atoms with Crippen LogP contribution in [0.2, 0.25) is 5.15 Å². The van der Waals surface area contributed by atoms with Crippen LogP contribution in [0.5, 0.6) is 11.5 Å². The molecule has 8 nitrogen and oxygen atoms in total. The molecule has 0 saturated heterocycles. The molecule has 1 aromatic carbocycles. The Kier molecular flexibility index (Phi) is 4.35. The Morgan fingerprint density at radius 1 is 1.26 bits per heavy atom. The van der Waals surface area contributed by atoms with Crippen LogP contribution in [-0.4, -0.2) is 27.0 Å². The third-order valence-corrected chi connectivity index (χ3v) is 4.48. The van der Waals surface area contributed by atoms with Crippen molar-refractivity contribution in [2.75, 3.05) is 5.32 Å². The number of nitrogens with one attached hydrogen (secondary N) is 2. The maximum absolute atomic E-state index is 11.6. The van der Waals surface area contributed by atoms with Crippen molar-refractivity contribution in [3.63, 3.8) is 0 Å². The predicted molar refractivity (Wildman–Crippen MR) is 97.3 cm³/mol. The number of anilines is 1. The summed E-state index contributed by atoms with van der Waals surface area (Å²) in [7, 11) is 0. The maximum atomic E-state index is 11.6. The molecule has 2 aromatic heterocycles. The second-order valence-electron chi connectivity index (χ2n) is 5.91. The second kappa shape index (κ2) is 6.82. The second-order valence-corrected chi connectivity index (χ2v) is 6.27. The maximum Gasteiger partial charge on any atom is 0.277 e. The van der Waals surface area contributed by atoms with Crippen LogP contribution >= 0.6 is 11.6 Å². The number of hydrogen-bond acceptors (Lipinski definition) is 6. The summed E-state index contributed by atoms with van der Waals surface area (Å²) in [6, 6.07) is 8.42. The Morgan fingerprint density at radius 3 is 2.93 bits per heavy atom. The van der Waals surface area contributed by atoms with Crippen molar-refractivity contribution in [2.24, 2.45) is 0 Å². The highest BCUT2D eigenvalue weighted by atomic mass is 35.5. The fourth-order valence-corrected chi connectivity index (χ4v) is 3.12. The first kappa shape index (κ1) is 17.2. The summed E-state index contributed by atoms with van der Waals surface area (Å²) in [6.45, 7) is 0. The quantitative estimate of drug-likeness (QED) is 0.363. The van der Waals surface area contributed by atoms with E-state index in [1.54, 1.807) is 30.5 Å². The average Bonchev–Trinajstić information content (AvgIpc) is 2.66. The zero-order valence-electron chi connectivity index (χ0n) is 13.8. The minimum Gasteiger partial charge on any atom is -0.457 e. The van der Waals surface area contributed by atoms with Crippen LogP contribution in [0, 0.1) is 0 Å². The minimum absolute atomic E-state index is 0.0322. The van der Waals surface area contributed by atoms with Crippen molar-refractivity contribution < 1.29 is 19.5 Å². The van der Waals surface area contributed by atoms with Crippen molar-refractivity contribution in [1.82, 2.24) is 15.4 Å². The highest BCUT2D eigenvalue weighted by Gasteiger charge is 2.20. The Bertz CT molecular complexity index is 1090. The number of fused-ring (bicyclic) bond motifs is 2. The molecule has 1 aliphatic rings. The van der Waals surface area contributed by atoms with Gasteiger partial charge < -0.3 is 10.1 Å². The molecule has 0 atom stereocenters. The van der Waals surface area contributed by atoms with E-state index in [-0.39, 0.29) is 16.6 Å². The van der Waals surface area contributed by atoms with Gasteiger partial charge >= 0.3 is 0 Å². The molecule has 136 valence electrons. The molecule has 9 heteroatoms. The number of rotatable bonds is 3. The number of ether oxygens (including phenoxy) is 1. The van der Waals surface area contributed by atoms with E-state index in [0.29, 0.717) is 41.1 Å². The molecule has 0 bridgehead atoms. The molecule has 3 N–H and O–H groups in total. The molecule has 0 fully saturated rings. The summed E-state index contributed by atoms with van der Waals surface area (Å²) in [4.78, 5) is 31.5. The lowest BCUT2D eigenvalue weighted by atomic mass is 10.1. The van der Waals surface area contributed by atoms with Crippen LogP contribution < -0.4 is 15.5 Å². The summed E-state index contributed by atoms with van der Waals surface area (Å²) in [5.41, 5.74) is 2.97. The smallest absolute Gasteiger partial charge is 0.277 e. The SMILES string of the molecule is O=C1CCc2c(Oc3ccc4cc(C(=O)NO)c(Cl)nc4c3)ccnc2N1. The number of aromatic nitrogens is 2. The number of pyridine rings is 2. The number of carbonyl (C=O) groups excluding carboxylic acids is 2. The van der Waals surface area contributed by atoms with Gasteiger partial charge in [-0.05, 0) is 30.7 Å². The first-order valence-corrected chi connectivity index (χ1v) is 8.43. The third-order valence-electron chi connectivity index (χ3n) is 4.19. The topological polar surface area (TPSA) is 113 Å². The van der Waals surface area contributed by atoms with E-state index < -0.39 is 5.91 Å².